The van der Waals surface area contributed by atoms with E-state index < -0.39 is 0 Å². The highest BCUT2D eigenvalue weighted by atomic mass is 16.5. The molecule has 0 spiro atoms. The molecular weight excluding hydrogens is 152 g/mol. The van der Waals surface area contributed by atoms with Gasteiger partial charge in [-0.15, -0.1) is 0 Å². The third-order valence-electron chi connectivity index (χ3n) is 0.919. The fourth-order valence-electron chi connectivity index (χ4n) is 0.435. The average Bonchev–Trinajstić information content (AvgIpc) is 2.10. The average molecular weight is 166 g/mol. The van der Waals surface area contributed by atoms with Gasteiger partial charge in [0, 0.05) is 0 Å². The molecule has 0 radical (unpaired) electrons. The minimum atomic E-state index is 0.365. The van der Waals surface area contributed by atoms with Gasteiger partial charge in [-0.05, 0) is 25.3 Å². The molecule has 0 aliphatic rings. The molecule has 66 valence electrons. The molecule has 0 N–H and O–H groups in total. The summed E-state index contributed by atoms with van der Waals surface area (Å²) in [5.74, 6) is 2.68. The summed E-state index contributed by atoms with van der Waals surface area (Å²) in [6, 6.07) is 0. The molecular formula is C10H14O2. The molecule has 2 heteroatoms. The van der Waals surface area contributed by atoms with Crippen LogP contribution in [-0.2, 0) is 9.47 Å². The zero-order valence-corrected chi connectivity index (χ0v) is 7.54. The van der Waals surface area contributed by atoms with E-state index in [2.05, 4.69) is 12.0 Å². The monoisotopic (exact) mass is 166 g/mol. The minimum absolute atomic E-state index is 0.365. The summed E-state index contributed by atoms with van der Waals surface area (Å²) >= 11 is 0. The van der Waals surface area contributed by atoms with Crippen LogP contribution in [0.3, 0.4) is 0 Å². The lowest BCUT2D eigenvalue weighted by Crippen LogP contribution is -1.80. The number of rotatable bonds is 4. The van der Waals surface area contributed by atoms with Crippen LogP contribution in [0.2, 0.25) is 0 Å². The number of hydrogen-bond donors (Lipinski definition) is 0. The third kappa shape index (κ3) is 8.64. The SMILES string of the molecule is CC=COCC#COC=CCC. The molecule has 0 unspecified atom stereocenters. The van der Waals surface area contributed by atoms with Crippen molar-refractivity contribution in [3.05, 3.63) is 24.7 Å². The maximum absolute atomic E-state index is 4.93. The van der Waals surface area contributed by atoms with Crippen LogP contribution in [0.15, 0.2) is 24.7 Å². The van der Waals surface area contributed by atoms with Crippen molar-refractivity contribution in [2.24, 2.45) is 0 Å². The Bertz CT molecular complexity index is 194. The largest absolute Gasteiger partial charge is 0.489 e. The van der Waals surface area contributed by atoms with E-state index in [9.17, 15) is 0 Å². The Balaban J connectivity index is 3.28. The maximum atomic E-state index is 4.93. The smallest absolute Gasteiger partial charge is 0.151 e. The van der Waals surface area contributed by atoms with Gasteiger partial charge >= 0.3 is 0 Å². The Hall–Kier alpha value is -1.36. The Morgan fingerprint density at radius 2 is 2.17 bits per heavy atom. The Morgan fingerprint density at radius 3 is 2.83 bits per heavy atom. The summed E-state index contributed by atoms with van der Waals surface area (Å²) in [7, 11) is 0. The maximum Gasteiger partial charge on any atom is 0.151 e. The van der Waals surface area contributed by atoms with E-state index in [1.807, 2.05) is 19.9 Å². The van der Waals surface area contributed by atoms with Gasteiger partial charge in [0.25, 0.3) is 0 Å². The van der Waals surface area contributed by atoms with Gasteiger partial charge in [0.1, 0.15) is 6.11 Å². The van der Waals surface area contributed by atoms with Crippen molar-refractivity contribution in [2.45, 2.75) is 20.3 Å². The number of allylic oxidation sites excluding steroid dienone is 2. The molecule has 2 nitrogen and oxygen atoms in total. The highest BCUT2D eigenvalue weighted by molar-refractivity contribution is 4.94. The van der Waals surface area contributed by atoms with E-state index in [0.29, 0.717) is 6.61 Å². The van der Waals surface area contributed by atoms with E-state index in [-0.39, 0.29) is 0 Å². The van der Waals surface area contributed by atoms with E-state index in [1.54, 1.807) is 18.6 Å². The quantitative estimate of drug-likeness (QED) is 0.363. The number of hydrogen-bond acceptors (Lipinski definition) is 2. The van der Waals surface area contributed by atoms with Gasteiger partial charge in [0.05, 0.1) is 12.5 Å². The first-order chi connectivity index (χ1) is 5.91. The van der Waals surface area contributed by atoms with Gasteiger partial charge in [-0.1, -0.05) is 13.0 Å². The summed E-state index contributed by atoms with van der Waals surface area (Å²) in [6.45, 7) is 4.28. The van der Waals surface area contributed by atoms with Crippen molar-refractivity contribution >= 4 is 0 Å². The van der Waals surface area contributed by atoms with Crippen molar-refractivity contribution in [3.8, 4) is 12.0 Å². The molecule has 0 rings (SSSR count). The first-order valence-corrected chi connectivity index (χ1v) is 3.93. The highest BCUT2D eigenvalue weighted by Crippen LogP contribution is 1.80. The van der Waals surface area contributed by atoms with E-state index in [4.69, 9.17) is 9.47 Å². The summed E-state index contributed by atoms with van der Waals surface area (Å²) < 4.78 is 9.74. The molecule has 0 fully saturated rings. The van der Waals surface area contributed by atoms with Gasteiger partial charge in [0.15, 0.2) is 6.61 Å². The first-order valence-electron chi connectivity index (χ1n) is 3.93. The minimum Gasteiger partial charge on any atom is -0.489 e. The Kier molecular flexibility index (Phi) is 8.55. The van der Waals surface area contributed by atoms with Crippen LogP contribution in [0, 0.1) is 12.0 Å². The fraction of sp³-hybridized carbons (Fsp3) is 0.400. The normalized spacial score (nSPS) is 9.83. The second-order valence-electron chi connectivity index (χ2n) is 1.96. The summed E-state index contributed by atoms with van der Waals surface area (Å²) in [4.78, 5) is 0. The van der Waals surface area contributed by atoms with Gasteiger partial charge in [0.2, 0.25) is 0 Å². The molecule has 0 aliphatic carbocycles. The van der Waals surface area contributed by atoms with Crippen LogP contribution in [0.1, 0.15) is 20.3 Å². The Labute approximate surface area is 73.9 Å². The molecule has 0 aromatic rings. The molecule has 0 atom stereocenters. The van der Waals surface area contributed by atoms with Gasteiger partial charge in [-0.2, -0.15) is 0 Å². The molecule has 0 aromatic carbocycles. The molecule has 0 saturated carbocycles. The van der Waals surface area contributed by atoms with Crippen molar-refractivity contribution < 1.29 is 9.47 Å². The second kappa shape index (κ2) is 9.64. The van der Waals surface area contributed by atoms with Gasteiger partial charge in [-0.25, -0.2) is 0 Å². The van der Waals surface area contributed by atoms with Crippen LogP contribution >= 0.6 is 0 Å². The number of ether oxygens (including phenoxy) is 2. The van der Waals surface area contributed by atoms with E-state index in [0.717, 1.165) is 6.42 Å². The molecule has 0 bridgehead atoms. The Morgan fingerprint density at radius 1 is 1.33 bits per heavy atom. The lowest BCUT2D eigenvalue weighted by molar-refractivity contribution is 0.294. The van der Waals surface area contributed by atoms with E-state index in [1.165, 1.54) is 0 Å². The van der Waals surface area contributed by atoms with Gasteiger partial charge < -0.3 is 9.47 Å². The van der Waals surface area contributed by atoms with Crippen molar-refractivity contribution in [1.29, 1.82) is 0 Å². The highest BCUT2D eigenvalue weighted by Gasteiger charge is 1.70. The molecule has 0 saturated heterocycles. The molecule has 0 aliphatic heterocycles. The molecule has 0 aromatic heterocycles. The van der Waals surface area contributed by atoms with Crippen LogP contribution in [-0.4, -0.2) is 6.61 Å². The van der Waals surface area contributed by atoms with E-state index >= 15 is 0 Å². The van der Waals surface area contributed by atoms with Crippen molar-refractivity contribution in [2.75, 3.05) is 6.61 Å². The lowest BCUT2D eigenvalue weighted by Gasteiger charge is -1.88. The second-order valence-corrected chi connectivity index (χ2v) is 1.96. The molecule has 12 heavy (non-hydrogen) atoms. The molecule has 0 heterocycles. The topological polar surface area (TPSA) is 18.5 Å². The van der Waals surface area contributed by atoms with Crippen LogP contribution < -0.4 is 0 Å². The summed E-state index contributed by atoms with van der Waals surface area (Å²) in [5, 5.41) is 0. The predicted octanol–water partition coefficient (Wildman–Crippen LogP) is 2.44. The van der Waals surface area contributed by atoms with Crippen molar-refractivity contribution in [3.63, 3.8) is 0 Å². The van der Waals surface area contributed by atoms with Crippen molar-refractivity contribution in [1.82, 2.24) is 0 Å². The predicted molar refractivity (Wildman–Crippen MR) is 49.1 cm³/mol. The first kappa shape index (κ1) is 10.6. The molecule has 0 amide bonds. The van der Waals surface area contributed by atoms with Crippen LogP contribution in [0.5, 0.6) is 0 Å². The summed E-state index contributed by atoms with van der Waals surface area (Å²) in [6.07, 6.45) is 10.3. The van der Waals surface area contributed by atoms with Crippen LogP contribution in [0.4, 0.5) is 0 Å². The fourth-order valence-corrected chi connectivity index (χ4v) is 0.435. The summed E-state index contributed by atoms with van der Waals surface area (Å²) in [5.41, 5.74) is 0. The van der Waals surface area contributed by atoms with Gasteiger partial charge in [-0.3, -0.25) is 0 Å². The standard InChI is InChI=1S/C10H14O2/c1-3-5-8-12-10-6-9-11-7-4-2/h4-5,7-8H,3,9H2,1-2H3. The lowest BCUT2D eigenvalue weighted by atomic mass is 10.5. The third-order valence-corrected chi connectivity index (χ3v) is 0.919. The zero-order valence-electron chi connectivity index (χ0n) is 7.54. The van der Waals surface area contributed by atoms with Crippen LogP contribution in [0.25, 0.3) is 0 Å². The zero-order chi connectivity index (χ0) is 9.07.